The van der Waals surface area contributed by atoms with Crippen LogP contribution >= 0.6 is 0 Å². The van der Waals surface area contributed by atoms with E-state index in [0.717, 1.165) is 11.3 Å². The molecule has 1 aromatic carbocycles. The van der Waals surface area contributed by atoms with E-state index in [-0.39, 0.29) is 6.04 Å². The van der Waals surface area contributed by atoms with Crippen LogP contribution in [0.5, 0.6) is 0 Å². The average molecular weight is 361 g/mol. The predicted octanol–water partition coefficient (Wildman–Crippen LogP) is 0.911. The highest BCUT2D eigenvalue weighted by Crippen LogP contribution is 2.28. The van der Waals surface area contributed by atoms with Gasteiger partial charge in [-0.1, -0.05) is 37.3 Å². The van der Waals surface area contributed by atoms with Gasteiger partial charge >= 0.3 is 12.0 Å². The molecular formula is C18H23N3O5. The molecule has 140 valence electrons. The summed E-state index contributed by atoms with van der Waals surface area (Å²) < 4.78 is 4.86. The molecule has 1 heterocycles. The van der Waals surface area contributed by atoms with Crippen molar-refractivity contribution in [2.75, 3.05) is 13.2 Å². The van der Waals surface area contributed by atoms with Crippen molar-refractivity contribution < 1.29 is 23.9 Å². The minimum absolute atomic E-state index is 0.0290. The highest BCUT2D eigenvalue weighted by molar-refractivity contribution is 6.08. The van der Waals surface area contributed by atoms with E-state index in [0.29, 0.717) is 5.56 Å². The Labute approximate surface area is 151 Å². The van der Waals surface area contributed by atoms with Gasteiger partial charge in [-0.25, -0.2) is 4.79 Å². The van der Waals surface area contributed by atoms with Gasteiger partial charge in [-0.2, -0.15) is 0 Å². The van der Waals surface area contributed by atoms with Gasteiger partial charge in [0, 0.05) is 6.04 Å². The number of esters is 1. The van der Waals surface area contributed by atoms with Gasteiger partial charge < -0.3 is 15.4 Å². The number of nitrogens with one attached hydrogen (secondary N) is 2. The van der Waals surface area contributed by atoms with Crippen LogP contribution in [0.15, 0.2) is 30.3 Å². The van der Waals surface area contributed by atoms with E-state index in [1.54, 1.807) is 37.3 Å². The molecule has 1 aliphatic heterocycles. The molecule has 1 saturated heterocycles. The van der Waals surface area contributed by atoms with Gasteiger partial charge in [0.15, 0.2) is 6.61 Å². The monoisotopic (exact) mass is 361 g/mol. The summed E-state index contributed by atoms with van der Waals surface area (Å²) in [5, 5.41) is 5.26. The second-order valence-corrected chi connectivity index (χ2v) is 6.35. The molecule has 0 spiro atoms. The van der Waals surface area contributed by atoms with E-state index in [1.165, 1.54) is 0 Å². The molecule has 8 heteroatoms. The molecule has 4 amide bonds. The summed E-state index contributed by atoms with van der Waals surface area (Å²) in [6.07, 6.45) is 0.750. The number of hydrogen-bond donors (Lipinski definition) is 2. The summed E-state index contributed by atoms with van der Waals surface area (Å²) in [6, 6.07) is 8.05. The number of urea groups is 1. The van der Waals surface area contributed by atoms with Crippen LogP contribution < -0.4 is 10.6 Å². The maximum Gasteiger partial charge on any atom is 0.326 e. The van der Waals surface area contributed by atoms with E-state index in [9.17, 15) is 19.2 Å². The summed E-state index contributed by atoms with van der Waals surface area (Å²) in [4.78, 5) is 49.1. The fourth-order valence-electron chi connectivity index (χ4n) is 2.55. The van der Waals surface area contributed by atoms with Crippen LogP contribution in [0, 0.1) is 0 Å². The Morgan fingerprint density at radius 1 is 1.27 bits per heavy atom. The van der Waals surface area contributed by atoms with Crippen LogP contribution in [-0.2, 0) is 24.7 Å². The van der Waals surface area contributed by atoms with E-state index in [4.69, 9.17) is 4.74 Å². The highest BCUT2D eigenvalue weighted by atomic mass is 16.5. The first-order valence-electron chi connectivity index (χ1n) is 8.42. The zero-order chi connectivity index (χ0) is 19.3. The number of nitrogens with zero attached hydrogens (tertiary/aromatic N) is 1. The summed E-state index contributed by atoms with van der Waals surface area (Å²) >= 11 is 0. The molecule has 8 nitrogen and oxygen atoms in total. The molecular weight excluding hydrogens is 338 g/mol. The first-order valence-corrected chi connectivity index (χ1v) is 8.42. The van der Waals surface area contributed by atoms with Gasteiger partial charge in [-0.15, -0.1) is 0 Å². The van der Waals surface area contributed by atoms with Gasteiger partial charge in [-0.05, 0) is 25.8 Å². The van der Waals surface area contributed by atoms with Crippen LogP contribution in [0.3, 0.4) is 0 Å². The lowest BCUT2D eigenvalue weighted by Crippen LogP contribution is -2.42. The van der Waals surface area contributed by atoms with Crippen molar-refractivity contribution in [2.45, 2.75) is 38.8 Å². The number of rotatable bonds is 7. The van der Waals surface area contributed by atoms with Gasteiger partial charge in [0.2, 0.25) is 0 Å². The maximum atomic E-state index is 12.7. The molecule has 2 N–H and O–H groups in total. The quantitative estimate of drug-likeness (QED) is 0.555. The van der Waals surface area contributed by atoms with Crippen LogP contribution in [-0.4, -0.2) is 47.9 Å². The minimum atomic E-state index is -1.24. The Bertz CT molecular complexity index is 706. The van der Waals surface area contributed by atoms with Crippen molar-refractivity contribution >= 4 is 23.8 Å². The molecule has 0 aromatic heterocycles. The van der Waals surface area contributed by atoms with Crippen molar-refractivity contribution in [3.63, 3.8) is 0 Å². The number of benzene rings is 1. The molecule has 0 bridgehead atoms. The zero-order valence-electron chi connectivity index (χ0n) is 15.1. The summed E-state index contributed by atoms with van der Waals surface area (Å²) in [5.41, 5.74) is -0.630. The zero-order valence-corrected chi connectivity index (χ0v) is 15.1. The Balaban J connectivity index is 1.95. The maximum absolute atomic E-state index is 12.7. The molecule has 2 atom stereocenters. The molecule has 0 unspecified atom stereocenters. The summed E-state index contributed by atoms with van der Waals surface area (Å²) in [6.45, 7) is 4.32. The van der Waals surface area contributed by atoms with E-state index < -0.39 is 42.5 Å². The van der Waals surface area contributed by atoms with E-state index in [1.807, 2.05) is 13.8 Å². The molecule has 1 aliphatic rings. The van der Waals surface area contributed by atoms with Crippen LogP contribution in [0.25, 0.3) is 0 Å². The fraction of sp³-hybridized carbons (Fsp3) is 0.444. The van der Waals surface area contributed by atoms with Gasteiger partial charge in [0.05, 0.1) is 0 Å². The van der Waals surface area contributed by atoms with Gasteiger partial charge in [0.1, 0.15) is 12.1 Å². The highest BCUT2D eigenvalue weighted by Gasteiger charge is 2.49. The van der Waals surface area contributed by atoms with Crippen LogP contribution in [0.4, 0.5) is 4.79 Å². The number of amides is 4. The van der Waals surface area contributed by atoms with Crippen molar-refractivity contribution in [1.29, 1.82) is 0 Å². The van der Waals surface area contributed by atoms with Gasteiger partial charge in [0.25, 0.3) is 11.8 Å². The number of hydrogen-bond acceptors (Lipinski definition) is 5. The second-order valence-electron chi connectivity index (χ2n) is 6.35. The van der Waals surface area contributed by atoms with Crippen LogP contribution in [0.1, 0.15) is 32.8 Å². The largest absolute Gasteiger partial charge is 0.454 e. The van der Waals surface area contributed by atoms with Crippen molar-refractivity contribution in [2.24, 2.45) is 0 Å². The number of imide groups is 1. The predicted molar refractivity (Wildman–Crippen MR) is 92.9 cm³/mol. The van der Waals surface area contributed by atoms with Crippen LogP contribution in [0.2, 0.25) is 0 Å². The lowest BCUT2D eigenvalue weighted by molar-refractivity contribution is -0.151. The minimum Gasteiger partial charge on any atom is -0.454 e. The smallest absolute Gasteiger partial charge is 0.326 e. The lowest BCUT2D eigenvalue weighted by atomic mass is 9.92. The molecule has 0 aliphatic carbocycles. The molecule has 0 radical (unpaired) electrons. The number of carbonyl (C=O) groups excluding carboxylic acids is 4. The molecule has 2 rings (SSSR count). The Morgan fingerprint density at radius 3 is 2.54 bits per heavy atom. The standard InChI is InChI=1S/C18H23N3O5/c1-4-12(2)19-14(22)11-26-15(23)10-21-16(24)18(3,20-17(21)25)13-8-6-5-7-9-13/h5-9,12H,4,10-11H2,1-3H3,(H,19,22)(H,20,25)/t12-,18+/m1/s1. The number of ether oxygens (including phenoxy) is 1. The number of carbonyl (C=O) groups is 4. The van der Waals surface area contributed by atoms with Gasteiger partial charge in [-0.3, -0.25) is 19.3 Å². The first kappa shape index (κ1) is 19.4. The average Bonchev–Trinajstić information content (AvgIpc) is 2.84. The molecule has 26 heavy (non-hydrogen) atoms. The summed E-state index contributed by atoms with van der Waals surface area (Å²) in [5.74, 6) is -1.81. The fourth-order valence-corrected chi connectivity index (χ4v) is 2.55. The molecule has 1 aromatic rings. The molecule has 0 saturated carbocycles. The Hall–Kier alpha value is -2.90. The lowest BCUT2D eigenvalue weighted by Gasteiger charge is -2.21. The Kier molecular flexibility index (Phi) is 5.97. The normalized spacial score (nSPS) is 20.5. The van der Waals surface area contributed by atoms with E-state index in [2.05, 4.69) is 10.6 Å². The third-order valence-electron chi connectivity index (χ3n) is 4.30. The topological polar surface area (TPSA) is 105 Å². The van der Waals surface area contributed by atoms with Crippen molar-refractivity contribution in [3.05, 3.63) is 35.9 Å². The Morgan fingerprint density at radius 2 is 1.92 bits per heavy atom. The van der Waals surface area contributed by atoms with E-state index >= 15 is 0 Å². The second kappa shape index (κ2) is 7.99. The van der Waals surface area contributed by atoms with Crippen molar-refractivity contribution in [3.8, 4) is 0 Å². The first-order chi connectivity index (χ1) is 12.3. The third kappa shape index (κ3) is 4.19. The van der Waals surface area contributed by atoms with Crippen molar-refractivity contribution in [1.82, 2.24) is 15.5 Å². The SMILES string of the molecule is CC[C@@H](C)NC(=O)COC(=O)CN1C(=O)N[C@@](C)(c2ccccc2)C1=O. The molecule has 1 fully saturated rings. The summed E-state index contributed by atoms with van der Waals surface area (Å²) in [7, 11) is 0. The third-order valence-corrected chi connectivity index (χ3v) is 4.30.